The second-order valence-corrected chi connectivity index (χ2v) is 7.14. The fourth-order valence-electron chi connectivity index (χ4n) is 3.29. The summed E-state index contributed by atoms with van der Waals surface area (Å²) in [5.41, 5.74) is 6.90. The normalized spacial score (nSPS) is 24.7. The van der Waals surface area contributed by atoms with E-state index in [1.165, 1.54) is 0 Å². The number of anilines is 2. The van der Waals surface area contributed by atoms with Gasteiger partial charge in [0.25, 0.3) is 0 Å². The predicted molar refractivity (Wildman–Crippen MR) is 110 cm³/mol. The Morgan fingerprint density at radius 2 is 1.97 bits per heavy atom. The number of hydrogen-bond donors (Lipinski definition) is 5. The van der Waals surface area contributed by atoms with E-state index in [2.05, 4.69) is 27.2 Å². The molecule has 0 aromatic carbocycles. The molecule has 1 saturated heterocycles. The molecule has 1 aliphatic rings. The number of aromatic nitrogens is 4. The molecule has 3 heterocycles. The highest BCUT2D eigenvalue weighted by molar-refractivity contribution is 5.85. The lowest BCUT2D eigenvalue weighted by Gasteiger charge is -2.19. The Bertz CT molecular complexity index is 855. The van der Waals surface area contributed by atoms with Gasteiger partial charge in [0.2, 0.25) is 5.95 Å². The van der Waals surface area contributed by atoms with Gasteiger partial charge in [0.15, 0.2) is 29.0 Å². The number of fused-ring (bicyclic) bond motifs is 1. The topological polar surface area (TPSA) is 152 Å². The number of nitrogens with zero attached hydrogens (tertiary/aromatic N) is 4. The molecule has 1 aliphatic heterocycles. The van der Waals surface area contributed by atoms with Crippen LogP contribution in [-0.2, 0) is 4.74 Å². The van der Waals surface area contributed by atoms with Gasteiger partial charge in [-0.1, -0.05) is 32.8 Å². The number of imidazole rings is 1. The molecule has 2 aromatic heterocycles. The van der Waals surface area contributed by atoms with Crippen LogP contribution in [0.4, 0.5) is 11.8 Å². The summed E-state index contributed by atoms with van der Waals surface area (Å²) in [6.07, 6.45) is 3.36. The van der Waals surface area contributed by atoms with Crippen molar-refractivity contribution < 1.29 is 20.1 Å². The number of nitrogens with one attached hydrogen (secondary N) is 1. The van der Waals surface area contributed by atoms with E-state index in [4.69, 9.17) is 10.5 Å². The van der Waals surface area contributed by atoms with Crippen LogP contribution in [0.2, 0.25) is 0 Å². The zero-order chi connectivity index (χ0) is 21.0. The van der Waals surface area contributed by atoms with E-state index in [-0.39, 0.29) is 5.82 Å². The molecule has 0 bridgehead atoms. The first-order chi connectivity index (χ1) is 14.0. The van der Waals surface area contributed by atoms with Gasteiger partial charge in [-0.2, -0.15) is 0 Å². The molecule has 160 valence electrons. The van der Waals surface area contributed by atoms with Crippen molar-refractivity contribution in [2.45, 2.75) is 64.1 Å². The first kappa shape index (κ1) is 21.4. The van der Waals surface area contributed by atoms with Crippen LogP contribution < -0.4 is 11.1 Å². The first-order valence-corrected chi connectivity index (χ1v) is 10.1. The van der Waals surface area contributed by atoms with Gasteiger partial charge in [-0.05, 0) is 18.9 Å². The molecule has 2 aromatic rings. The number of unbranched alkanes of at least 4 members (excludes halogenated alkanes) is 2. The van der Waals surface area contributed by atoms with Gasteiger partial charge in [0.05, 0.1) is 6.61 Å². The lowest BCUT2D eigenvalue weighted by atomic mass is 10.1. The van der Waals surface area contributed by atoms with Crippen LogP contribution in [0.25, 0.3) is 17.2 Å². The molecule has 0 spiro atoms. The fraction of sp³-hybridized carbons (Fsp3) is 0.632. The summed E-state index contributed by atoms with van der Waals surface area (Å²) in [6, 6.07) is 0. The molecular formula is C19H30N6O4. The van der Waals surface area contributed by atoms with Crippen molar-refractivity contribution in [2.75, 3.05) is 24.2 Å². The minimum atomic E-state index is -1.26. The van der Waals surface area contributed by atoms with Crippen LogP contribution >= 0.6 is 0 Å². The number of nitrogens with two attached hydrogens (primary N) is 1. The Morgan fingerprint density at radius 3 is 2.62 bits per heavy atom. The second kappa shape index (κ2) is 9.49. The predicted octanol–water partition coefficient (Wildman–Crippen LogP) is 1.05. The van der Waals surface area contributed by atoms with E-state index in [9.17, 15) is 15.3 Å². The van der Waals surface area contributed by atoms with Gasteiger partial charge in [-0.25, -0.2) is 15.0 Å². The smallest absolute Gasteiger partial charge is 0.207 e. The number of nitrogen functional groups attached to an aromatic ring is 1. The summed E-state index contributed by atoms with van der Waals surface area (Å²) >= 11 is 0. The zero-order valence-electron chi connectivity index (χ0n) is 16.8. The van der Waals surface area contributed by atoms with Crippen LogP contribution in [0.1, 0.15) is 51.6 Å². The van der Waals surface area contributed by atoms with Gasteiger partial charge in [0, 0.05) is 6.54 Å². The Kier molecular flexibility index (Phi) is 7.01. The van der Waals surface area contributed by atoms with Crippen molar-refractivity contribution in [1.29, 1.82) is 0 Å². The van der Waals surface area contributed by atoms with Gasteiger partial charge < -0.3 is 31.1 Å². The summed E-state index contributed by atoms with van der Waals surface area (Å²) in [5, 5.41) is 33.3. The lowest BCUT2D eigenvalue weighted by molar-refractivity contribution is -0.0501. The van der Waals surface area contributed by atoms with E-state index >= 15 is 0 Å². The van der Waals surface area contributed by atoms with Crippen molar-refractivity contribution in [3.63, 3.8) is 0 Å². The molecule has 3 rings (SSSR count). The number of hydrogen-bond acceptors (Lipinski definition) is 9. The highest BCUT2D eigenvalue weighted by atomic mass is 16.6. The largest absolute Gasteiger partial charge is 0.394 e. The van der Waals surface area contributed by atoms with Crippen LogP contribution in [0.15, 0.2) is 6.08 Å². The molecule has 4 atom stereocenters. The number of ether oxygens (including phenoxy) is 1. The Morgan fingerprint density at radius 1 is 1.17 bits per heavy atom. The number of allylic oxidation sites excluding steroid dienone is 1. The lowest BCUT2D eigenvalue weighted by Crippen LogP contribution is -2.33. The van der Waals surface area contributed by atoms with Crippen molar-refractivity contribution >= 4 is 29.0 Å². The second-order valence-electron chi connectivity index (χ2n) is 7.14. The number of aliphatic hydroxyl groups is 3. The van der Waals surface area contributed by atoms with Crippen molar-refractivity contribution in [2.24, 2.45) is 0 Å². The summed E-state index contributed by atoms with van der Waals surface area (Å²) in [4.78, 5) is 13.4. The van der Waals surface area contributed by atoms with Crippen molar-refractivity contribution in [1.82, 2.24) is 19.5 Å². The van der Waals surface area contributed by atoms with E-state index in [0.29, 0.717) is 29.5 Å². The minimum Gasteiger partial charge on any atom is -0.394 e. The number of aliphatic hydroxyl groups excluding tert-OH is 3. The minimum absolute atomic E-state index is 0.218. The highest BCUT2D eigenvalue weighted by Gasteiger charge is 2.45. The average Bonchev–Trinajstić information content (AvgIpc) is 3.21. The molecule has 0 amide bonds. The zero-order valence-corrected chi connectivity index (χ0v) is 16.8. The maximum absolute atomic E-state index is 10.5. The standard InChI is InChI=1S/C19H30N6O4/c1-3-5-6-7-8-12-22-16(20)13-17(23-12)25(19(24-13)21-9-4-2)18-15(28)14(27)11(10-26)29-18/h7-8,11,14-15,18,26-28H,3-6,9-10H2,1-2H3,(H,21,24)(H2,20,22,23)/t11-,14?,15?,18-/m1/s1. The molecule has 0 radical (unpaired) electrons. The number of rotatable bonds is 9. The molecule has 0 saturated carbocycles. The maximum atomic E-state index is 10.5. The Balaban J connectivity index is 2.07. The summed E-state index contributed by atoms with van der Waals surface area (Å²) < 4.78 is 7.29. The molecule has 10 nitrogen and oxygen atoms in total. The Labute approximate surface area is 169 Å². The van der Waals surface area contributed by atoms with Crippen molar-refractivity contribution in [3.8, 4) is 0 Å². The monoisotopic (exact) mass is 406 g/mol. The Hall–Kier alpha value is -2.27. The van der Waals surface area contributed by atoms with Gasteiger partial charge >= 0.3 is 0 Å². The molecule has 6 N–H and O–H groups in total. The average molecular weight is 406 g/mol. The van der Waals surface area contributed by atoms with Crippen LogP contribution in [0.5, 0.6) is 0 Å². The third-order valence-electron chi connectivity index (χ3n) is 4.88. The highest BCUT2D eigenvalue weighted by Crippen LogP contribution is 2.35. The molecule has 10 heteroatoms. The van der Waals surface area contributed by atoms with E-state index in [1.54, 1.807) is 10.6 Å². The van der Waals surface area contributed by atoms with Crippen molar-refractivity contribution in [3.05, 3.63) is 11.9 Å². The first-order valence-electron chi connectivity index (χ1n) is 10.1. The molecule has 0 aliphatic carbocycles. The van der Waals surface area contributed by atoms with Gasteiger partial charge in [-0.3, -0.25) is 4.57 Å². The van der Waals surface area contributed by atoms with Gasteiger partial charge in [0.1, 0.15) is 18.3 Å². The summed E-state index contributed by atoms with van der Waals surface area (Å²) in [7, 11) is 0. The van der Waals surface area contributed by atoms with Crippen LogP contribution in [0.3, 0.4) is 0 Å². The van der Waals surface area contributed by atoms with Crippen LogP contribution in [0, 0.1) is 0 Å². The summed E-state index contributed by atoms with van der Waals surface area (Å²) in [6.45, 7) is 4.36. The molecule has 1 fully saturated rings. The van der Waals surface area contributed by atoms with E-state index in [0.717, 1.165) is 25.7 Å². The molecular weight excluding hydrogens is 376 g/mol. The third-order valence-corrected chi connectivity index (χ3v) is 4.88. The maximum Gasteiger partial charge on any atom is 0.207 e. The van der Waals surface area contributed by atoms with Crippen LogP contribution in [-0.4, -0.2) is 66.3 Å². The van der Waals surface area contributed by atoms with E-state index in [1.807, 2.05) is 13.0 Å². The SMILES string of the molecule is CCCCC=Cc1nc(N)c2nc(NCCC)n([C@@H]3O[C@H](CO)C(O)C3O)c2n1. The fourth-order valence-corrected chi connectivity index (χ4v) is 3.29. The molecule has 2 unspecified atom stereocenters. The van der Waals surface area contributed by atoms with Gasteiger partial charge in [-0.15, -0.1) is 0 Å². The summed E-state index contributed by atoms with van der Waals surface area (Å²) in [5.74, 6) is 1.06. The molecule has 29 heavy (non-hydrogen) atoms. The van der Waals surface area contributed by atoms with E-state index < -0.39 is 31.1 Å². The third kappa shape index (κ3) is 4.35. The quantitative estimate of drug-likeness (QED) is 0.385.